The van der Waals surface area contributed by atoms with Crippen LogP contribution in [-0.2, 0) is 14.8 Å². The standard InChI is InChI=1S/C18H19N3O3S3/c1-12-19-15-7-6-14(10-16(15)26-12)20-18(22)13-4-2-8-21(11-13)27(23,24)17-5-3-9-25-17/h3,5-7,9-10,13H,2,4,8,11H2,1H3,(H,20,22)/t13-/m1/s1. The van der Waals surface area contributed by atoms with Gasteiger partial charge in [-0.25, -0.2) is 13.4 Å². The first-order valence-electron chi connectivity index (χ1n) is 8.65. The number of thiophene rings is 1. The van der Waals surface area contributed by atoms with Gasteiger partial charge in [0.2, 0.25) is 5.91 Å². The van der Waals surface area contributed by atoms with E-state index in [1.165, 1.54) is 15.6 Å². The molecule has 0 radical (unpaired) electrons. The van der Waals surface area contributed by atoms with Gasteiger partial charge < -0.3 is 5.32 Å². The van der Waals surface area contributed by atoms with Crippen LogP contribution in [0.2, 0.25) is 0 Å². The number of nitrogens with zero attached hydrogens (tertiary/aromatic N) is 2. The van der Waals surface area contributed by atoms with Crippen LogP contribution in [0.5, 0.6) is 0 Å². The van der Waals surface area contributed by atoms with Gasteiger partial charge in [-0.1, -0.05) is 6.07 Å². The predicted molar refractivity (Wildman–Crippen MR) is 109 cm³/mol. The van der Waals surface area contributed by atoms with Crippen LogP contribution in [0.25, 0.3) is 10.2 Å². The molecule has 0 bridgehead atoms. The molecular weight excluding hydrogens is 402 g/mol. The Kier molecular flexibility index (Phi) is 5.02. The minimum Gasteiger partial charge on any atom is -0.326 e. The zero-order valence-electron chi connectivity index (χ0n) is 14.7. The molecule has 1 atom stereocenters. The molecule has 0 saturated carbocycles. The van der Waals surface area contributed by atoms with Crippen LogP contribution in [-0.4, -0.2) is 36.7 Å². The maximum absolute atomic E-state index is 12.7. The van der Waals surface area contributed by atoms with Crippen molar-refractivity contribution in [2.24, 2.45) is 5.92 Å². The number of aromatic nitrogens is 1. The first kappa shape index (κ1) is 18.5. The molecule has 1 aliphatic heterocycles. The molecule has 2 aromatic heterocycles. The molecule has 3 heterocycles. The number of rotatable bonds is 4. The first-order chi connectivity index (χ1) is 12.9. The van der Waals surface area contributed by atoms with E-state index in [1.807, 2.05) is 25.1 Å². The number of aryl methyl sites for hydroxylation is 1. The molecule has 1 fully saturated rings. The molecule has 0 spiro atoms. The Morgan fingerprint density at radius 1 is 1.33 bits per heavy atom. The fourth-order valence-corrected chi connectivity index (χ4v) is 6.81. The highest BCUT2D eigenvalue weighted by molar-refractivity contribution is 7.91. The summed E-state index contributed by atoms with van der Waals surface area (Å²) in [6.45, 7) is 2.62. The second-order valence-electron chi connectivity index (χ2n) is 6.54. The van der Waals surface area contributed by atoms with Gasteiger partial charge in [-0.3, -0.25) is 4.79 Å². The zero-order chi connectivity index (χ0) is 19.0. The van der Waals surface area contributed by atoms with Crippen molar-refractivity contribution in [2.75, 3.05) is 18.4 Å². The summed E-state index contributed by atoms with van der Waals surface area (Å²) < 4.78 is 28.2. The zero-order valence-corrected chi connectivity index (χ0v) is 17.2. The van der Waals surface area contributed by atoms with E-state index in [2.05, 4.69) is 10.3 Å². The van der Waals surface area contributed by atoms with Gasteiger partial charge in [0.15, 0.2) is 0 Å². The summed E-state index contributed by atoms with van der Waals surface area (Å²) in [5.41, 5.74) is 1.63. The summed E-state index contributed by atoms with van der Waals surface area (Å²) in [6, 6.07) is 8.98. The normalized spacial score (nSPS) is 18.6. The Hall–Kier alpha value is -1.81. The Morgan fingerprint density at radius 2 is 2.19 bits per heavy atom. The lowest BCUT2D eigenvalue weighted by atomic mass is 9.99. The highest BCUT2D eigenvalue weighted by atomic mass is 32.2. The van der Waals surface area contributed by atoms with E-state index in [4.69, 9.17) is 0 Å². The molecule has 1 aliphatic rings. The second-order valence-corrected chi connectivity index (χ2v) is 10.9. The summed E-state index contributed by atoms with van der Waals surface area (Å²) in [5, 5.41) is 5.67. The molecule has 0 unspecified atom stereocenters. The number of nitrogens with one attached hydrogen (secondary N) is 1. The number of amides is 1. The van der Waals surface area contributed by atoms with Crippen LogP contribution in [0.15, 0.2) is 39.9 Å². The highest BCUT2D eigenvalue weighted by Crippen LogP contribution is 2.28. The number of hydrogen-bond acceptors (Lipinski definition) is 6. The average Bonchev–Trinajstić information content (AvgIpc) is 3.30. The Labute approximate surface area is 165 Å². The van der Waals surface area contributed by atoms with Crippen LogP contribution in [0.4, 0.5) is 5.69 Å². The summed E-state index contributed by atoms with van der Waals surface area (Å²) >= 11 is 2.79. The van der Waals surface area contributed by atoms with E-state index in [0.717, 1.165) is 20.9 Å². The number of carbonyl (C=O) groups is 1. The van der Waals surface area contributed by atoms with Crippen LogP contribution in [0.3, 0.4) is 0 Å². The molecule has 1 N–H and O–H groups in total. The van der Waals surface area contributed by atoms with Gasteiger partial charge in [-0.15, -0.1) is 22.7 Å². The largest absolute Gasteiger partial charge is 0.326 e. The van der Waals surface area contributed by atoms with Crippen molar-refractivity contribution in [1.82, 2.24) is 9.29 Å². The summed E-state index contributed by atoms with van der Waals surface area (Å²) in [6.07, 6.45) is 1.36. The van der Waals surface area contributed by atoms with E-state index in [9.17, 15) is 13.2 Å². The fraction of sp³-hybridized carbons (Fsp3) is 0.333. The topological polar surface area (TPSA) is 79.4 Å². The number of carbonyl (C=O) groups excluding carboxylic acids is 1. The quantitative estimate of drug-likeness (QED) is 0.697. The molecule has 9 heteroatoms. The minimum atomic E-state index is -3.52. The van der Waals surface area contributed by atoms with Crippen LogP contribution in [0.1, 0.15) is 17.8 Å². The summed E-state index contributed by atoms with van der Waals surface area (Å²) in [4.78, 5) is 17.1. The monoisotopic (exact) mass is 421 g/mol. The second kappa shape index (κ2) is 7.31. The lowest BCUT2D eigenvalue weighted by Crippen LogP contribution is -2.43. The molecule has 3 aromatic rings. The lowest BCUT2D eigenvalue weighted by Gasteiger charge is -2.30. The maximum Gasteiger partial charge on any atom is 0.252 e. The maximum atomic E-state index is 12.7. The molecule has 6 nitrogen and oxygen atoms in total. The Balaban J connectivity index is 1.48. The van der Waals surface area contributed by atoms with Crippen LogP contribution in [0, 0.1) is 12.8 Å². The van der Waals surface area contributed by atoms with Gasteiger partial charge in [0.25, 0.3) is 10.0 Å². The molecule has 0 aliphatic carbocycles. The van der Waals surface area contributed by atoms with Crippen LogP contribution >= 0.6 is 22.7 Å². The lowest BCUT2D eigenvalue weighted by molar-refractivity contribution is -0.120. The van der Waals surface area contributed by atoms with Crippen molar-refractivity contribution >= 4 is 54.5 Å². The van der Waals surface area contributed by atoms with E-state index in [0.29, 0.717) is 23.6 Å². The smallest absolute Gasteiger partial charge is 0.252 e. The molecule has 142 valence electrons. The predicted octanol–water partition coefficient (Wildman–Crippen LogP) is 3.71. The molecular formula is C18H19N3O3S3. The van der Waals surface area contributed by atoms with Crippen molar-refractivity contribution in [3.63, 3.8) is 0 Å². The van der Waals surface area contributed by atoms with Gasteiger partial charge in [-0.2, -0.15) is 4.31 Å². The molecule has 1 saturated heterocycles. The number of fused-ring (bicyclic) bond motifs is 1. The third-order valence-corrected chi connectivity index (χ3v) is 8.78. The molecule has 4 rings (SSSR count). The van der Waals surface area contributed by atoms with Gasteiger partial charge in [0, 0.05) is 18.8 Å². The number of anilines is 1. The van der Waals surface area contributed by atoms with E-state index < -0.39 is 10.0 Å². The van der Waals surface area contributed by atoms with Crippen molar-refractivity contribution in [1.29, 1.82) is 0 Å². The van der Waals surface area contributed by atoms with E-state index >= 15 is 0 Å². The van der Waals surface area contributed by atoms with E-state index in [1.54, 1.807) is 28.8 Å². The van der Waals surface area contributed by atoms with E-state index in [-0.39, 0.29) is 18.4 Å². The number of hydrogen-bond donors (Lipinski definition) is 1. The average molecular weight is 422 g/mol. The third kappa shape index (κ3) is 3.77. The number of thiazole rings is 1. The van der Waals surface area contributed by atoms with Crippen molar-refractivity contribution < 1.29 is 13.2 Å². The number of sulfonamides is 1. The van der Waals surface area contributed by atoms with Gasteiger partial charge >= 0.3 is 0 Å². The van der Waals surface area contributed by atoms with Crippen molar-refractivity contribution in [3.8, 4) is 0 Å². The van der Waals surface area contributed by atoms with Crippen LogP contribution < -0.4 is 5.32 Å². The Bertz CT molecular complexity index is 1070. The highest BCUT2D eigenvalue weighted by Gasteiger charge is 2.33. The first-order valence-corrected chi connectivity index (χ1v) is 11.8. The summed E-state index contributed by atoms with van der Waals surface area (Å²) in [5.74, 6) is -0.492. The van der Waals surface area contributed by atoms with Gasteiger partial charge in [0.05, 0.1) is 21.1 Å². The molecule has 1 aromatic carbocycles. The molecule has 1 amide bonds. The SMILES string of the molecule is Cc1nc2ccc(NC(=O)[C@@H]3CCCN(S(=O)(=O)c4cccs4)C3)cc2s1. The third-order valence-electron chi connectivity index (χ3n) is 4.61. The van der Waals surface area contributed by atoms with Crippen molar-refractivity contribution in [2.45, 2.75) is 24.0 Å². The number of benzene rings is 1. The summed E-state index contributed by atoms with van der Waals surface area (Å²) in [7, 11) is -3.52. The Morgan fingerprint density at radius 3 is 2.96 bits per heavy atom. The number of piperidine rings is 1. The van der Waals surface area contributed by atoms with Gasteiger partial charge in [-0.05, 0) is 49.4 Å². The molecule has 27 heavy (non-hydrogen) atoms. The van der Waals surface area contributed by atoms with Gasteiger partial charge in [0.1, 0.15) is 4.21 Å². The minimum absolute atomic E-state index is 0.137. The van der Waals surface area contributed by atoms with Crippen molar-refractivity contribution in [3.05, 3.63) is 40.7 Å². The fourth-order valence-electron chi connectivity index (χ4n) is 3.27.